The number of halogens is 2. The van der Waals surface area contributed by atoms with E-state index in [2.05, 4.69) is 28.2 Å². The van der Waals surface area contributed by atoms with Crippen LogP contribution in [0.5, 0.6) is 0 Å². The van der Waals surface area contributed by atoms with Crippen LogP contribution in [-0.2, 0) is 0 Å². The van der Waals surface area contributed by atoms with E-state index in [1.807, 2.05) is 13.0 Å². The van der Waals surface area contributed by atoms with Crippen molar-refractivity contribution in [2.45, 2.75) is 13.8 Å². The molecule has 16 heavy (non-hydrogen) atoms. The van der Waals surface area contributed by atoms with E-state index in [0.29, 0.717) is 23.0 Å². The quantitative estimate of drug-likeness (QED) is 0.849. The van der Waals surface area contributed by atoms with Crippen LogP contribution in [0.2, 0.25) is 5.02 Å². The summed E-state index contributed by atoms with van der Waals surface area (Å²) in [5, 5.41) is 4.23. The summed E-state index contributed by atoms with van der Waals surface area (Å²) in [5.41, 5.74) is 1.59. The van der Waals surface area contributed by atoms with Gasteiger partial charge in [0.2, 0.25) is 0 Å². The molecular formula is C12H15BrClNO. The smallest absolute Gasteiger partial charge is 0.252 e. The van der Waals surface area contributed by atoms with E-state index < -0.39 is 0 Å². The number of aryl methyl sites for hydroxylation is 1. The van der Waals surface area contributed by atoms with Gasteiger partial charge in [0.05, 0.1) is 10.6 Å². The third-order valence-corrected chi connectivity index (χ3v) is 3.66. The van der Waals surface area contributed by atoms with Crippen LogP contribution >= 0.6 is 27.5 Å². The van der Waals surface area contributed by atoms with Gasteiger partial charge in [-0.1, -0.05) is 40.5 Å². The molecule has 0 saturated heterocycles. The Morgan fingerprint density at radius 1 is 1.56 bits per heavy atom. The molecule has 1 unspecified atom stereocenters. The number of hydrogen-bond donors (Lipinski definition) is 1. The fourth-order valence-electron chi connectivity index (χ4n) is 1.22. The van der Waals surface area contributed by atoms with Crippen LogP contribution in [0, 0.1) is 12.8 Å². The molecule has 1 amide bonds. The van der Waals surface area contributed by atoms with E-state index in [1.165, 1.54) is 0 Å². The molecule has 1 rings (SSSR count). The highest BCUT2D eigenvalue weighted by Gasteiger charge is 2.10. The van der Waals surface area contributed by atoms with E-state index in [-0.39, 0.29) is 5.91 Å². The molecule has 0 heterocycles. The van der Waals surface area contributed by atoms with E-state index in [1.54, 1.807) is 12.1 Å². The van der Waals surface area contributed by atoms with Gasteiger partial charge >= 0.3 is 0 Å². The number of nitrogens with one attached hydrogen (secondary N) is 1. The summed E-state index contributed by atoms with van der Waals surface area (Å²) in [6.45, 7) is 4.65. The highest BCUT2D eigenvalue weighted by Crippen LogP contribution is 2.17. The number of alkyl halides is 1. The normalized spacial score (nSPS) is 12.2. The first-order chi connectivity index (χ1) is 7.54. The largest absolute Gasteiger partial charge is 0.352 e. The second-order valence-corrected chi connectivity index (χ2v) is 5.01. The predicted molar refractivity (Wildman–Crippen MR) is 71.5 cm³/mol. The Bertz CT molecular complexity index is 381. The van der Waals surface area contributed by atoms with Gasteiger partial charge in [0.25, 0.3) is 5.91 Å². The zero-order chi connectivity index (χ0) is 12.1. The lowest BCUT2D eigenvalue weighted by Gasteiger charge is -2.10. The highest BCUT2D eigenvalue weighted by atomic mass is 79.9. The SMILES string of the molecule is Cc1ccc(C(=O)NCC(C)CBr)c(Cl)c1. The Labute approximate surface area is 110 Å². The first kappa shape index (κ1) is 13.5. The Hall–Kier alpha value is -0.540. The summed E-state index contributed by atoms with van der Waals surface area (Å²) >= 11 is 9.37. The maximum absolute atomic E-state index is 11.8. The molecule has 0 bridgehead atoms. The van der Waals surface area contributed by atoms with E-state index >= 15 is 0 Å². The van der Waals surface area contributed by atoms with Gasteiger partial charge in [0, 0.05) is 11.9 Å². The summed E-state index contributed by atoms with van der Waals surface area (Å²) in [6, 6.07) is 5.44. The van der Waals surface area contributed by atoms with Crippen molar-refractivity contribution in [3.63, 3.8) is 0 Å². The zero-order valence-electron chi connectivity index (χ0n) is 9.39. The molecule has 0 fully saturated rings. The number of carbonyl (C=O) groups excluding carboxylic acids is 1. The molecule has 0 saturated carbocycles. The minimum atomic E-state index is -0.113. The molecule has 0 aromatic heterocycles. The van der Waals surface area contributed by atoms with Gasteiger partial charge in [0.15, 0.2) is 0 Å². The van der Waals surface area contributed by atoms with Crippen molar-refractivity contribution < 1.29 is 4.79 Å². The van der Waals surface area contributed by atoms with Crippen LogP contribution in [0.25, 0.3) is 0 Å². The molecule has 88 valence electrons. The molecule has 0 aliphatic carbocycles. The van der Waals surface area contributed by atoms with Crippen molar-refractivity contribution in [2.75, 3.05) is 11.9 Å². The molecule has 2 nitrogen and oxygen atoms in total. The summed E-state index contributed by atoms with van der Waals surface area (Å²) in [4.78, 5) is 11.8. The number of carbonyl (C=O) groups is 1. The fourth-order valence-corrected chi connectivity index (χ4v) is 1.77. The molecule has 1 atom stereocenters. The lowest BCUT2D eigenvalue weighted by atomic mass is 10.1. The van der Waals surface area contributed by atoms with Crippen LogP contribution in [0.1, 0.15) is 22.8 Å². The molecule has 1 N–H and O–H groups in total. The summed E-state index contributed by atoms with van der Waals surface area (Å²) < 4.78 is 0. The second-order valence-electron chi connectivity index (χ2n) is 3.95. The number of amides is 1. The van der Waals surface area contributed by atoms with Gasteiger partial charge in [0.1, 0.15) is 0 Å². The number of hydrogen-bond acceptors (Lipinski definition) is 1. The highest BCUT2D eigenvalue weighted by molar-refractivity contribution is 9.09. The topological polar surface area (TPSA) is 29.1 Å². The zero-order valence-corrected chi connectivity index (χ0v) is 11.7. The van der Waals surface area contributed by atoms with Crippen molar-refractivity contribution in [2.24, 2.45) is 5.92 Å². The standard InChI is InChI=1S/C12H15BrClNO/c1-8-3-4-10(11(14)5-8)12(16)15-7-9(2)6-13/h3-5,9H,6-7H2,1-2H3,(H,15,16). The Morgan fingerprint density at radius 2 is 2.25 bits per heavy atom. The molecule has 0 aliphatic heterocycles. The van der Waals surface area contributed by atoms with Gasteiger partial charge in [-0.2, -0.15) is 0 Å². The first-order valence-electron chi connectivity index (χ1n) is 5.15. The summed E-state index contributed by atoms with van der Waals surface area (Å²) in [7, 11) is 0. The van der Waals surface area contributed by atoms with Crippen LogP contribution < -0.4 is 5.32 Å². The van der Waals surface area contributed by atoms with Crippen molar-refractivity contribution in [1.82, 2.24) is 5.32 Å². The Morgan fingerprint density at radius 3 is 2.81 bits per heavy atom. The van der Waals surface area contributed by atoms with Crippen molar-refractivity contribution >= 4 is 33.4 Å². The van der Waals surface area contributed by atoms with Gasteiger partial charge < -0.3 is 5.32 Å². The Kier molecular flexibility index (Phi) is 5.29. The van der Waals surface area contributed by atoms with Gasteiger partial charge in [-0.15, -0.1) is 0 Å². The van der Waals surface area contributed by atoms with E-state index in [0.717, 1.165) is 10.9 Å². The van der Waals surface area contributed by atoms with E-state index in [4.69, 9.17) is 11.6 Å². The molecule has 0 aliphatic rings. The maximum Gasteiger partial charge on any atom is 0.252 e. The van der Waals surface area contributed by atoms with Gasteiger partial charge in [-0.3, -0.25) is 4.79 Å². The van der Waals surface area contributed by atoms with Crippen LogP contribution in [0.4, 0.5) is 0 Å². The molecule has 1 aromatic carbocycles. The lowest BCUT2D eigenvalue weighted by Crippen LogP contribution is -2.29. The van der Waals surface area contributed by atoms with Crippen molar-refractivity contribution in [3.05, 3.63) is 34.3 Å². The van der Waals surface area contributed by atoms with Gasteiger partial charge in [-0.05, 0) is 30.5 Å². The Balaban J connectivity index is 2.66. The van der Waals surface area contributed by atoms with Gasteiger partial charge in [-0.25, -0.2) is 0 Å². The van der Waals surface area contributed by atoms with Crippen LogP contribution in [-0.4, -0.2) is 17.8 Å². The number of benzene rings is 1. The third kappa shape index (κ3) is 3.80. The average Bonchev–Trinajstić information content (AvgIpc) is 2.25. The molecule has 0 spiro atoms. The first-order valence-corrected chi connectivity index (χ1v) is 6.65. The van der Waals surface area contributed by atoms with Crippen molar-refractivity contribution in [3.8, 4) is 0 Å². The number of rotatable bonds is 4. The summed E-state index contributed by atoms with van der Waals surface area (Å²) in [6.07, 6.45) is 0. The monoisotopic (exact) mass is 303 g/mol. The van der Waals surface area contributed by atoms with Crippen LogP contribution in [0.3, 0.4) is 0 Å². The maximum atomic E-state index is 11.8. The van der Waals surface area contributed by atoms with E-state index in [9.17, 15) is 4.79 Å². The average molecular weight is 305 g/mol. The minimum absolute atomic E-state index is 0.113. The molecule has 0 radical (unpaired) electrons. The molecule has 1 aromatic rings. The second kappa shape index (κ2) is 6.26. The fraction of sp³-hybridized carbons (Fsp3) is 0.417. The minimum Gasteiger partial charge on any atom is -0.352 e. The molecule has 4 heteroatoms. The lowest BCUT2D eigenvalue weighted by molar-refractivity contribution is 0.0949. The summed E-state index contributed by atoms with van der Waals surface area (Å²) in [5.74, 6) is 0.297. The molecular weight excluding hydrogens is 289 g/mol. The predicted octanol–water partition coefficient (Wildman–Crippen LogP) is 3.41. The van der Waals surface area contributed by atoms with Crippen molar-refractivity contribution in [1.29, 1.82) is 0 Å². The van der Waals surface area contributed by atoms with Crippen LogP contribution in [0.15, 0.2) is 18.2 Å². The third-order valence-electron chi connectivity index (χ3n) is 2.24.